The first-order chi connectivity index (χ1) is 7.37. The van der Waals surface area contributed by atoms with Gasteiger partial charge in [0.25, 0.3) is 0 Å². The molecule has 2 heterocycles. The van der Waals surface area contributed by atoms with E-state index in [2.05, 4.69) is 20.8 Å². The molecule has 1 spiro atoms. The van der Waals surface area contributed by atoms with E-state index in [-0.39, 0.29) is 5.16 Å². The molecule has 0 amide bonds. The average molecular weight is 244 g/mol. The predicted molar refractivity (Wildman–Crippen MR) is 68.8 cm³/mol. The Kier molecular flexibility index (Phi) is 3.27. The van der Waals surface area contributed by atoms with E-state index in [0.29, 0.717) is 5.41 Å². The molecule has 2 nitrogen and oxygen atoms in total. The zero-order valence-electron chi connectivity index (χ0n) is 10.9. The first-order valence-electron chi connectivity index (χ1n) is 6.53. The smallest absolute Gasteiger partial charge is 0.0928 e. The summed E-state index contributed by atoms with van der Waals surface area (Å²) in [6, 6.07) is 0. The van der Waals surface area contributed by atoms with Crippen LogP contribution in [-0.4, -0.2) is 30.7 Å². The number of hydrogen-bond donors (Lipinski definition) is 0. The quantitative estimate of drug-likeness (QED) is 0.607. The van der Waals surface area contributed by atoms with Crippen LogP contribution in [0.1, 0.15) is 46.5 Å². The van der Waals surface area contributed by atoms with Gasteiger partial charge in [-0.15, -0.1) is 0 Å². The van der Waals surface area contributed by atoms with Gasteiger partial charge in [-0.1, -0.05) is 20.8 Å². The van der Waals surface area contributed by atoms with Crippen molar-refractivity contribution in [2.24, 2.45) is 5.41 Å². The van der Waals surface area contributed by atoms with E-state index in [1.54, 1.807) is 0 Å². The lowest BCUT2D eigenvalue weighted by Gasteiger charge is -2.46. The first-order valence-corrected chi connectivity index (χ1v) is 8.61. The largest absolute Gasteiger partial charge is 0.381 e. The molecule has 2 rings (SSSR count). The minimum absolute atomic E-state index is 0.0137. The molecule has 3 heteroatoms. The number of rotatable bonds is 0. The third-order valence-corrected chi connectivity index (χ3v) is 9.12. The summed E-state index contributed by atoms with van der Waals surface area (Å²) in [7, 11) is -1.93. The van der Waals surface area contributed by atoms with E-state index < -0.39 is 7.14 Å². The van der Waals surface area contributed by atoms with Gasteiger partial charge in [-0.25, -0.2) is 0 Å². The third kappa shape index (κ3) is 2.24. The van der Waals surface area contributed by atoms with Gasteiger partial charge >= 0.3 is 0 Å². The van der Waals surface area contributed by atoms with Crippen LogP contribution < -0.4 is 0 Å². The minimum Gasteiger partial charge on any atom is -0.381 e. The first kappa shape index (κ1) is 12.6. The van der Waals surface area contributed by atoms with Gasteiger partial charge in [0.05, 0.1) is 7.14 Å². The van der Waals surface area contributed by atoms with Crippen molar-refractivity contribution in [2.75, 3.05) is 25.5 Å². The molecule has 0 radical (unpaired) electrons. The highest BCUT2D eigenvalue weighted by Gasteiger charge is 2.45. The van der Waals surface area contributed by atoms with E-state index in [0.717, 1.165) is 25.5 Å². The van der Waals surface area contributed by atoms with Crippen LogP contribution in [0.4, 0.5) is 0 Å². The molecule has 0 unspecified atom stereocenters. The summed E-state index contributed by atoms with van der Waals surface area (Å²) < 4.78 is 18.3. The van der Waals surface area contributed by atoms with Crippen LogP contribution in [0.15, 0.2) is 0 Å². The molecule has 0 aromatic carbocycles. The van der Waals surface area contributed by atoms with E-state index in [4.69, 9.17) is 4.74 Å². The summed E-state index contributed by atoms with van der Waals surface area (Å²) in [5.74, 6) is 0. The van der Waals surface area contributed by atoms with E-state index in [9.17, 15) is 4.57 Å². The second-order valence-corrected chi connectivity index (χ2v) is 10.6. The topological polar surface area (TPSA) is 26.3 Å². The summed E-state index contributed by atoms with van der Waals surface area (Å²) >= 11 is 0. The molecule has 94 valence electrons. The summed E-state index contributed by atoms with van der Waals surface area (Å²) in [5, 5.41) is 0.0137. The molecular formula is C13H25O2P. The van der Waals surface area contributed by atoms with Crippen molar-refractivity contribution in [3.05, 3.63) is 0 Å². The molecule has 0 bridgehead atoms. The van der Waals surface area contributed by atoms with Crippen LogP contribution in [0.25, 0.3) is 0 Å². The van der Waals surface area contributed by atoms with Crippen molar-refractivity contribution in [1.29, 1.82) is 0 Å². The van der Waals surface area contributed by atoms with Crippen LogP contribution in [-0.2, 0) is 9.30 Å². The normalized spacial score (nSPS) is 29.2. The molecule has 0 N–H and O–H groups in total. The predicted octanol–water partition coefficient (Wildman–Crippen LogP) is 3.74. The molecule has 0 aliphatic carbocycles. The van der Waals surface area contributed by atoms with E-state index in [1.165, 1.54) is 25.7 Å². The van der Waals surface area contributed by atoms with Crippen LogP contribution in [0.5, 0.6) is 0 Å². The van der Waals surface area contributed by atoms with Crippen molar-refractivity contribution in [1.82, 2.24) is 0 Å². The molecule has 0 saturated carbocycles. The molecule has 0 atom stereocenters. The fraction of sp³-hybridized carbons (Fsp3) is 1.00. The van der Waals surface area contributed by atoms with Crippen molar-refractivity contribution in [2.45, 2.75) is 51.6 Å². The fourth-order valence-electron chi connectivity index (χ4n) is 3.05. The second kappa shape index (κ2) is 4.14. The van der Waals surface area contributed by atoms with Crippen LogP contribution in [0.2, 0.25) is 0 Å². The number of hydrogen-bond acceptors (Lipinski definition) is 2. The summed E-state index contributed by atoms with van der Waals surface area (Å²) in [6.07, 6.45) is 6.66. The Morgan fingerprint density at radius 2 is 1.50 bits per heavy atom. The highest BCUT2D eigenvalue weighted by atomic mass is 31.2. The Morgan fingerprint density at radius 3 is 1.94 bits per heavy atom. The van der Waals surface area contributed by atoms with Gasteiger partial charge in [-0.2, -0.15) is 0 Å². The van der Waals surface area contributed by atoms with Crippen LogP contribution in [0.3, 0.4) is 0 Å². The Hall–Kier alpha value is 0.190. The Labute approximate surface area is 99.5 Å². The maximum Gasteiger partial charge on any atom is 0.0928 e. The zero-order valence-corrected chi connectivity index (χ0v) is 11.8. The van der Waals surface area contributed by atoms with Gasteiger partial charge in [-0.05, 0) is 31.1 Å². The summed E-state index contributed by atoms with van der Waals surface area (Å²) in [6.45, 7) is 8.28. The molecular weight excluding hydrogens is 219 g/mol. The fourth-order valence-corrected chi connectivity index (χ4v) is 6.28. The molecule has 2 aliphatic heterocycles. The minimum atomic E-state index is -1.93. The summed E-state index contributed by atoms with van der Waals surface area (Å²) in [4.78, 5) is 0. The maximum atomic E-state index is 12.8. The molecule has 2 aliphatic rings. The van der Waals surface area contributed by atoms with Crippen molar-refractivity contribution in [3.63, 3.8) is 0 Å². The highest BCUT2D eigenvalue weighted by Crippen LogP contribution is 2.64. The summed E-state index contributed by atoms with van der Waals surface area (Å²) in [5.41, 5.74) is 0.484. The Balaban J connectivity index is 2.03. The van der Waals surface area contributed by atoms with Gasteiger partial charge in [0, 0.05) is 30.7 Å². The Morgan fingerprint density at radius 1 is 1.00 bits per heavy atom. The second-order valence-electron chi connectivity index (χ2n) is 6.62. The lowest BCUT2D eigenvalue weighted by atomic mass is 9.75. The molecule has 2 saturated heterocycles. The third-order valence-electron chi connectivity index (χ3n) is 4.78. The van der Waals surface area contributed by atoms with Crippen LogP contribution in [0, 0.1) is 5.41 Å². The standard InChI is InChI=1S/C13H25O2P/c1-12(2,3)16(14)10-6-13(7-11-16)4-8-15-9-5-13/h4-11H2,1-3H3. The SMILES string of the molecule is CC(C)(C)P1(=O)CCC2(CCOCC2)CC1. The van der Waals surface area contributed by atoms with Crippen molar-refractivity contribution >= 4 is 7.14 Å². The van der Waals surface area contributed by atoms with Gasteiger partial charge in [-0.3, -0.25) is 0 Å². The highest BCUT2D eigenvalue weighted by molar-refractivity contribution is 7.65. The Bertz CT molecular complexity index is 284. The lowest BCUT2D eigenvalue weighted by molar-refractivity contribution is 0.00918. The van der Waals surface area contributed by atoms with E-state index in [1.807, 2.05) is 0 Å². The molecule has 0 aromatic heterocycles. The van der Waals surface area contributed by atoms with E-state index >= 15 is 0 Å². The van der Waals surface area contributed by atoms with Gasteiger partial charge in [0.1, 0.15) is 0 Å². The molecule has 0 aromatic rings. The van der Waals surface area contributed by atoms with Crippen molar-refractivity contribution < 1.29 is 9.30 Å². The van der Waals surface area contributed by atoms with Gasteiger partial charge in [0.2, 0.25) is 0 Å². The zero-order chi connectivity index (χ0) is 11.9. The molecule has 16 heavy (non-hydrogen) atoms. The van der Waals surface area contributed by atoms with Gasteiger partial charge in [0.15, 0.2) is 0 Å². The lowest BCUT2D eigenvalue weighted by Crippen LogP contribution is -2.37. The van der Waals surface area contributed by atoms with Gasteiger partial charge < -0.3 is 9.30 Å². The maximum absolute atomic E-state index is 12.8. The van der Waals surface area contributed by atoms with Crippen molar-refractivity contribution in [3.8, 4) is 0 Å². The number of ether oxygens (including phenoxy) is 1. The monoisotopic (exact) mass is 244 g/mol. The van der Waals surface area contributed by atoms with Crippen LogP contribution >= 0.6 is 7.14 Å². The molecule has 2 fully saturated rings. The average Bonchev–Trinajstić information content (AvgIpc) is 2.23.